The van der Waals surface area contributed by atoms with Crippen LogP contribution in [0, 0.1) is 0 Å². The molecule has 2 aromatic heterocycles. The van der Waals surface area contributed by atoms with Gasteiger partial charge in [-0.2, -0.15) is 0 Å². The molecule has 0 amide bonds. The van der Waals surface area contributed by atoms with Crippen molar-refractivity contribution in [2.75, 3.05) is 13.2 Å². The van der Waals surface area contributed by atoms with Crippen LogP contribution in [0.5, 0.6) is 0 Å². The first-order valence-corrected chi connectivity index (χ1v) is 8.43. The number of hydrogen-bond donors (Lipinski definition) is 0. The summed E-state index contributed by atoms with van der Waals surface area (Å²) in [5, 5.41) is 1.84. The zero-order chi connectivity index (χ0) is 15.5. The van der Waals surface area contributed by atoms with Crippen LogP contribution in [-0.4, -0.2) is 39.4 Å². The molecule has 0 saturated carbocycles. The summed E-state index contributed by atoms with van der Waals surface area (Å²) in [7, 11) is 0. The summed E-state index contributed by atoms with van der Waals surface area (Å²) in [6, 6.07) is 1.33. The largest absolute Gasteiger partial charge is 0.465 e. The Hall–Kier alpha value is -1.73. The van der Waals surface area contributed by atoms with E-state index in [9.17, 15) is 9.59 Å². The van der Waals surface area contributed by atoms with Gasteiger partial charge in [-0.15, -0.1) is 11.3 Å². The second-order valence-corrected chi connectivity index (χ2v) is 6.25. The molecule has 0 radical (unpaired) electrons. The molecular formula is C15H19N3O3S. The summed E-state index contributed by atoms with van der Waals surface area (Å²) in [5.41, 5.74) is 0.634. The van der Waals surface area contributed by atoms with Gasteiger partial charge >= 0.3 is 5.97 Å². The third kappa shape index (κ3) is 3.05. The fraction of sp³-hybridized carbons (Fsp3) is 0.533. The molecule has 22 heavy (non-hydrogen) atoms. The van der Waals surface area contributed by atoms with Crippen molar-refractivity contribution in [3.63, 3.8) is 0 Å². The highest BCUT2D eigenvalue weighted by molar-refractivity contribution is 7.15. The van der Waals surface area contributed by atoms with E-state index in [-0.39, 0.29) is 17.6 Å². The standard InChI is InChI=1S/C15H19N3O3S/c1-2-21-14(20)12-5-3-4-6-17(12)10-11-9-13(19)18-7-8-22-15(18)16-11/h7-9,12H,2-6,10H2,1H3/t12-/m1/s1. The quantitative estimate of drug-likeness (QED) is 0.802. The topological polar surface area (TPSA) is 63.9 Å². The highest BCUT2D eigenvalue weighted by atomic mass is 32.1. The number of likely N-dealkylation sites (tertiary alicyclic amines) is 1. The molecule has 2 aromatic rings. The van der Waals surface area contributed by atoms with Crippen molar-refractivity contribution < 1.29 is 9.53 Å². The second-order valence-electron chi connectivity index (χ2n) is 5.38. The highest BCUT2D eigenvalue weighted by Gasteiger charge is 2.30. The Labute approximate surface area is 132 Å². The maximum atomic E-state index is 12.1. The van der Waals surface area contributed by atoms with Crippen LogP contribution >= 0.6 is 11.3 Å². The van der Waals surface area contributed by atoms with Crippen LogP contribution in [0.25, 0.3) is 4.96 Å². The number of piperidine rings is 1. The second kappa shape index (κ2) is 6.58. The van der Waals surface area contributed by atoms with Crippen LogP contribution < -0.4 is 5.56 Å². The number of aromatic nitrogens is 2. The predicted octanol–water partition coefficient (Wildman–Crippen LogP) is 1.67. The third-order valence-corrected chi connectivity index (χ3v) is 4.65. The number of thiazole rings is 1. The molecule has 1 saturated heterocycles. The SMILES string of the molecule is CCOC(=O)[C@H]1CCCCN1Cc1cc(=O)n2ccsc2n1. The van der Waals surface area contributed by atoms with Gasteiger partial charge in [0.2, 0.25) is 0 Å². The first kappa shape index (κ1) is 15.2. The Morgan fingerprint density at radius 2 is 2.36 bits per heavy atom. The minimum Gasteiger partial charge on any atom is -0.465 e. The Bertz CT molecular complexity index is 724. The minimum absolute atomic E-state index is 0.0778. The summed E-state index contributed by atoms with van der Waals surface area (Å²) in [4.78, 5) is 31.4. The van der Waals surface area contributed by atoms with Crippen LogP contribution in [0.2, 0.25) is 0 Å². The van der Waals surface area contributed by atoms with Crippen LogP contribution in [0.3, 0.4) is 0 Å². The van der Waals surface area contributed by atoms with Crippen molar-refractivity contribution in [1.82, 2.24) is 14.3 Å². The average molecular weight is 321 g/mol. The molecule has 3 heterocycles. The summed E-state index contributed by atoms with van der Waals surface area (Å²) >= 11 is 1.43. The molecule has 0 aliphatic carbocycles. The van der Waals surface area contributed by atoms with E-state index in [4.69, 9.17) is 4.74 Å². The third-order valence-electron chi connectivity index (χ3n) is 3.89. The molecule has 1 fully saturated rings. The Morgan fingerprint density at radius 1 is 1.50 bits per heavy atom. The van der Waals surface area contributed by atoms with Gasteiger partial charge in [0, 0.05) is 24.2 Å². The Kier molecular flexibility index (Phi) is 4.54. The predicted molar refractivity (Wildman–Crippen MR) is 84.0 cm³/mol. The lowest BCUT2D eigenvalue weighted by Gasteiger charge is -2.33. The monoisotopic (exact) mass is 321 g/mol. The van der Waals surface area contributed by atoms with E-state index < -0.39 is 0 Å². The first-order chi connectivity index (χ1) is 10.7. The van der Waals surface area contributed by atoms with Gasteiger partial charge in [-0.05, 0) is 26.3 Å². The lowest BCUT2D eigenvalue weighted by molar-refractivity contribution is -0.151. The lowest BCUT2D eigenvalue weighted by atomic mass is 10.0. The van der Waals surface area contributed by atoms with Gasteiger partial charge in [-0.1, -0.05) is 6.42 Å². The van der Waals surface area contributed by atoms with Crippen molar-refractivity contribution in [1.29, 1.82) is 0 Å². The van der Waals surface area contributed by atoms with Crippen molar-refractivity contribution >= 4 is 22.3 Å². The normalized spacial score (nSPS) is 19.4. The molecule has 0 spiro atoms. The summed E-state index contributed by atoms with van der Waals surface area (Å²) in [5.74, 6) is -0.170. The summed E-state index contributed by atoms with van der Waals surface area (Å²) in [6.45, 7) is 3.55. The van der Waals surface area contributed by atoms with Gasteiger partial charge < -0.3 is 4.74 Å². The summed E-state index contributed by atoms with van der Waals surface area (Å²) < 4.78 is 6.70. The molecule has 1 aliphatic rings. The van der Waals surface area contributed by atoms with Gasteiger partial charge in [-0.25, -0.2) is 4.98 Å². The van der Waals surface area contributed by atoms with Crippen LogP contribution in [0.15, 0.2) is 22.4 Å². The molecule has 1 aliphatic heterocycles. The molecule has 7 heteroatoms. The van der Waals surface area contributed by atoms with Crippen molar-refractivity contribution in [2.45, 2.75) is 38.8 Å². The molecule has 0 aromatic carbocycles. The smallest absolute Gasteiger partial charge is 0.323 e. The number of ether oxygens (including phenoxy) is 1. The fourth-order valence-electron chi connectivity index (χ4n) is 2.86. The van der Waals surface area contributed by atoms with Crippen LogP contribution in [-0.2, 0) is 16.1 Å². The van der Waals surface area contributed by atoms with E-state index in [0.29, 0.717) is 23.8 Å². The van der Waals surface area contributed by atoms with Crippen molar-refractivity contribution in [3.8, 4) is 0 Å². The van der Waals surface area contributed by atoms with Gasteiger partial charge in [0.05, 0.1) is 12.3 Å². The number of carbonyl (C=O) groups excluding carboxylic acids is 1. The number of esters is 1. The van der Waals surface area contributed by atoms with E-state index in [1.165, 1.54) is 15.7 Å². The van der Waals surface area contributed by atoms with Crippen molar-refractivity contribution in [3.05, 3.63) is 33.7 Å². The number of rotatable bonds is 4. The van der Waals surface area contributed by atoms with E-state index in [1.54, 1.807) is 12.3 Å². The maximum absolute atomic E-state index is 12.1. The van der Waals surface area contributed by atoms with E-state index in [2.05, 4.69) is 9.88 Å². The summed E-state index contributed by atoms with van der Waals surface area (Å²) in [6.07, 6.45) is 4.61. The molecule has 0 unspecified atom stereocenters. The highest BCUT2D eigenvalue weighted by Crippen LogP contribution is 2.20. The van der Waals surface area contributed by atoms with Gasteiger partial charge in [-0.3, -0.25) is 18.9 Å². The van der Waals surface area contributed by atoms with Gasteiger partial charge in [0.15, 0.2) is 4.96 Å². The number of nitrogens with zero attached hydrogens (tertiary/aromatic N) is 3. The minimum atomic E-state index is -0.225. The zero-order valence-electron chi connectivity index (χ0n) is 12.5. The van der Waals surface area contributed by atoms with Gasteiger partial charge in [0.1, 0.15) is 6.04 Å². The van der Waals surface area contributed by atoms with E-state index in [0.717, 1.165) is 25.8 Å². The van der Waals surface area contributed by atoms with Crippen molar-refractivity contribution in [2.24, 2.45) is 0 Å². The molecule has 6 nitrogen and oxygen atoms in total. The maximum Gasteiger partial charge on any atom is 0.323 e. The number of carbonyl (C=O) groups is 1. The molecule has 0 bridgehead atoms. The molecule has 1 atom stereocenters. The van der Waals surface area contributed by atoms with Crippen LogP contribution in [0.4, 0.5) is 0 Å². The lowest BCUT2D eigenvalue weighted by Crippen LogP contribution is -2.45. The zero-order valence-corrected chi connectivity index (χ0v) is 13.3. The fourth-order valence-corrected chi connectivity index (χ4v) is 3.60. The molecule has 0 N–H and O–H groups in total. The number of hydrogen-bond acceptors (Lipinski definition) is 6. The Morgan fingerprint density at radius 3 is 3.18 bits per heavy atom. The van der Waals surface area contributed by atoms with Crippen LogP contribution in [0.1, 0.15) is 31.9 Å². The molecule has 118 valence electrons. The number of fused-ring (bicyclic) bond motifs is 1. The molecular weight excluding hydrogens is 302 g/mol. The molecule has 3 rings (SSSR count). The first-order valence-electron chi connectivity index (χ1n) is 7.55. The van der Waals surface area contributed by atoms with Gasteiger partial charge in [0.25, 0.3) is 5.56 Å². The Balaban J connectivity index is 1.82. The van der Waals surface area contributed by atoms with E-state index in [1.807, 2.05) is 12.3 Å². The average Bonchev–Trinajstić information content (AvgIpc) is 2.97. The van der Waals surface area contributed by atoms with E-state index >= 15 is 0 Å².